The number of hydrogen-bond acceptors (Lipinski definition) is 6. The van der Waals surface area contributed by atoms with Gasteiger partial charge in [0.05, 0.1) is 13.7 Å². The van der Waals surface area contributed by atoms with E-state index in [1.54, 1.807) is 26.8 Å². The molecule has 0 spiro atoms. The maximum Gasteiger partial charge on any atom is 0.407 e. The van der Waals surface area contributed by atoms with Gasteiger partial charge in [0.15, 0.2) is 5.78 Å². The third-order valence-electron chi connectivity index (χ3n) is 2.68. The molecule has 23 heavy (non-hydrogen) atoms. The van der Waals surface area contributed by atoms with Crippen molar-refractivity contribution >= 4 is 11.9 Å². The van der Waals surface area contributed by atoms with Crippen LogP contribution in [0.15, 0.2) is 12.3 Å². The minimum atomic E-state index is -0.526. The smallest absolute Gasteiger partial charge is 0.407 e. The molecule has 0 saturated carbocycles. The first kappa shape index (κ1) is 18.7. The second-order valence-electron chi connectivity index (χ2n) is 5.88. The molecule has 0 saturated heterocycles. The number of hydrogen-bond donors (Lipinski definition) is 1. The highest BCUT2D eigenvalue weighted by Gasteiger charge is 2.17. The van der Waals surface area contributed by atoms with Crippen molar-refractivity contribution in [3.05, 3.63) is 17.8 Å². The van der Waals surface area contributed by atoms with Gasteiger partial charge in [-0.1, -0.05) is 0 Å². The minimum Gasteiger partial charge on any atom is -0.496 e. The first-order valence-corrected chi connectivity index (χ1v) is 7.38. The second-order valence-corrected chi connectivity index (χ2v) is 5.88. The molecule has 0 aliphatic rings. The van der Waals surface area contributed by atoms with Crippen LogP contribution < -0.4 is 14.8 Å². The molecule has 1 amide bonds. The lowest BCUT2D eigenvalue weighted by Crippen LogP contribution is -2.33. The van der Waals surface area contributed by atoms with E-state index in [0.29, 0.717) is 30.9 Å². The summed E-state index contributed by atoms with van der Waals surface area (Å²) >= 11 is 0. The fourth-order valence-electron chi connectivity index (χ4n) is 1.78. The van der Waals surface area contributed by atoms with Crippen LogP contribution in [0.25, 0.3) is 0 Å². The van der Waals surface area contributed by atoms with Crippen molar-refractivity contribution < 1.29 is 23.8 Å². The number of rotatable bonds is 7. The van der Waals surface area contributed by atoms with E-state index in [1.165, 1.54) is 20.2 Å². The normalized spacial score (nSPS) is 10.8. The fourth-order valence-corrected chi connectivity index (χ4v) is 1.78. The molecule has 0 atom stereocenters. The number of aromatic nitrogens is 1. The van der Waals surface area contributed by atoms with E-state index in [-0.39, 0.29) is 11.7 Å². The molecule has 1 aromatic rings. The monoisotopic (exact) mass is 324 g/mol. The Kier molecular flexibility index (Phi) is 6.81. The molecule has 7 nitrogen and oxygen atoms in total. The van der Waals surface area contributed by atoms with Gasteiger partial charge in [0.25, 0.3) is 0 Å². The SMILES string of the molecule is COc1ccnc(OCCCNC(=O)OC(C)(C)C)c1C(C)=O. The van der Waals surface area contributed by atoms with Crippen LogP contribution >= 0.6 is 0 Å². The van der Waals surface area contributed by atoms with Gasteiger partial charge in [0.1, 0.15) is 16.9 Å². The molecule has 0 fully saturated rings. The third kappa shape index (κ3) is 6.54. The Morgan fingerprint density at radius 2 is 2.00 bits per heavy atom. The Hall–Kier alpha value is -2.31. The Morgan fingerprint density at radius 1 is 1.30 bits per heavy atom. The van der Waals surface area contributed by atoms with E-state index in [2.05, 4.69) is 10.3 Å². The molecule has 0 aliphatic carbocycles. The first-order chi connectivity index (χ1) is 10.7. The van der Waals surface area contributed by atoms with Gasteiger partial charge in [-0.25, -0.2) is 9.78 Å². The highest BCUT2D eigenvalue weighted by Crippen LogP contribution is 2.26. The Balaban J connectivity index is 2.45. The standard InChI is InChI=1S/C16H24N2O5/c1-11(19)13-12(21-5)7-9-17-14(13)22-10-6-8-18-15(20)23-16(2,3)4/h7,9H,6,8,10H2,1-5H3,(H,18,20). The predicted molar refractivity (Wildman–Crippen MR) is 85.1 cm³/mol. The van der Waals surface area contributed by atoms with Crippen LogP contribution in [-0.2, 0) is 4.74 Å². The highest BCUT2D eigenvalue weighted by atomic mass is 16.6. The summed E-state index contributed by atoms with van der Waals surface area (Å²) in [4.78, 5) is 27.2. The zero-order valence-corrected chi connectivity index (χ0v) is 14.3. The van der Waals surface area contributed by atoms with Crippen LogP contribution in [0.3, 0.4) is 0 Å². The van der Waals surface area contributed by atoms with Crippen molar-refractivity contribution in [2.75, 3.05) is 20.3 Å². The molecule has 1 rings (SSSR count). The van der Waals surface area contributed by atoms with Gasteiger partial charge in [0, 0.05) is 12.7 Å². The Labute approximate surface area is 136 Å². The molecule has 128 valence electrons. The zero-order chi connectivity index (χ0) is 17.5. The molecule has 1 heterocycles. The van der Waals surface area contributed by atoms with Gasteiger partial charge >= 0.3 is 6.09 Å². The summed E-state index contributed by atoms with van der Waals surface area (Å²) in [6, 6.07) is 1.60. The predicted octanol–water partition coefficient (Wildman–Crippen LogP) is 2.59. The van der Waals surface area contributed by atoms with Crippen LogP contribution in [0.5, 0.6) is 11.6 Å². The lowest BCUT2D eigenvalue weighted by Gasteiger charge is -2.19. The van der Waals surface area contributed by atoms with Crippen LogP contribution in [0.1, 0.15) is 44.5 Å². The quantitative estimate of drug-likeness (QED) is 0.613. The van der Waals surface area contributed by atoms with Crippen molar-refractivity contribution in [2.45, 2.75) is 39.7 Å². The average Bonchev–Trinajstić information content (AvgIpc) is 2.44. The number of ketones is 1. The van der Waals surface area contributed by atoms with E-state index < -0.39 is 11.7 Å². The van der Waals surface area contributed by atoms with Gasteiger partial charge in [-0.05, 0) is 40.2 Å². The lowest BCUT2D eigenvalue weighted by molar-refractivity contribution is 0.0525. The van der Waals surface area contributed by atoms with E-state index in [1.807, 2.05) is 0 Å². The topological polar surface area (TPSA) is 86.8 Å². The van der Waals surface area contributed by atoms with Crippen LogP contribution in [0.4, 0.5) is 4.79 Å². The number of methoxy groups -OCH3 is 1. The molecule has 1 aromatic heterocycles. The average molecular weight is 324 g/mol. The van der Waals surface area contributed by atoms with Crippen molar-refractivity contribution in [3.63, 3.8) is 0 Å². The maximum absolute atomic E-state index is 11.7. The van der Waals surface area contributed by atoms with Crippen molar-refractivity contribution in [1.29, 1.82) is 0 Å². The summed E-state index contributed by atoms with van der Waals surface area (Å²) in [6.45, 7) is 7.52. The van der Waals surface area contributed by atoms with E-state index in [4.69, 9.17) is 14.2 Å². The van der Waals surface area contributed by atoms with E-state index in [0.717, 1.165) is 0 Å². The number of ether oxygens (including phenoxy) is 3. The van der Waals surface area contributed by atoms with Gasteiger partial charge in [-0.2, -0.15) is 0 Å². The molecule has 1 N–H and O–H groups in total. The van der Waals surface area contributed by atoms with Crippen LogP contribution in [0, 0.1) is 0 Å². The molecule has 0 aliphatic heterocycles. The van der Waals surface area contributed by atoms with E-state index in [9.17, 15) is 9.59 Å². The molecule has 0 aromatic carbocycles. The van der Waals surface area contributed by atoms with Gasteiger partial charge in [0.2, 0.25) is 5.88 Å². The number of Topliss-reactive ketones (excluding diaryl/α,β-unsaturated/α-hetero) is 1. The largest absolute Gasteiger partial charge is 0.496 e. The molecule has 0 unspecified atom stereocenters. The number of carbonyl (C=O) groups excluding carboxylic acids is 2. The number of carbonyl (C=O) groups is 2. The van der Waals surface area contributed by atoms with Crippen molar-refractivity contribution in [1.82, 2.24) is 10.3 Å². The second kappa shape index (κ2) is 8.36. The first-order valence-electron chi connectivity index (χ1n) is 7.38. The molecule has 0 radical (unpaired) electrons. The van der Waals surface area contributed by atoms with Gasteiger partial charge in [-0.3, -0.25) is 4.79 Å². The Bertz CT molecular complexity index is 552. The summed E-state index contributed by atoms with van der Waals surface area (Å²) < 4.78 is 15.8. The molecule has 0 bridgehead atoms. The van der Waals surface area contributed by atoms with Crippen molar-refractivity contribution in [2.24, 2.45) is 0 Å². The number of alkyl carbamates (subject to hydrolysis) is 1. The number of nitrogens with zero attached hydrogens (tertiary/aromatic N) is 1. The third-order valence-corrected chi connectivity index (χ3v) is 2.68. The number of nitrogens with one attached hydrogen (secondary N) is 1. The van der Waals surface area contributed by atoms with Gasteiger partial charge in [-0.15, -0.1) is 0 Å². The number of pyridine rings is 1. The minimum absolute atomic E-state index is 0.183. The lowest BCUT2D eigenvalue weighted by atomic mass is 10.2. The summed E-state index contributed by atoms with van der Waals surface area (Å²) in [7, 11) is 1.48. The molecule has 7 heteroatoms. The molecular weight excluding hydrogens is 300 g/mol. The zero-order valence-electron chi connectivity index (χ0n) is 14.3. The van der Waals surface area contributed by atoms with Gasteiger partial charge < -0.3 is 19.5 Å². The summed E-state index contributed by atoms with van der Waals surface area (Å²) in [6.07, 6.45) is 1.59. The molecular formula is C16H24N2O5. The van der Waals surface area contributed by atoms with Crippen LogP contribution in [-0.4, -0.2) is 42.7 Å². The summed E-state index contributed by atoms with van der Waals surface area (Å²) in [5, 5.41) is 2.63. The summed E-state index contributed by atoms with van der Waals surface area (Å²) in [5.41, 5.74) is -0.211. The van der Waals surface area contributed by atoms with Crippen molar-refractivity contribution in [3.8, 4) is 11.6 Å². The maximum atomic E-state index is 11.7. The fraction of sp³-hybridized carbons (Fsp3) is 0.562. The van der Waals surface area contributed by atoms with E-state index >= 15 is 0 Å². The summed E-state index contributed by atoms with van der Waals surface area (Å²) in [5.74, 6) is 0.473. The number of amides is 1. The highest BCUT2D eigenvalue weighted by molar-refractivity contribution is 5.99. The Morgan fingerprint density at radius 3 is 2.57 bits per heavy atom. The van der Waals surface area contributed by atoms with Crippen LogP contribution in [0.2, 0.25) is 0 Å².